The molecule has 174 valence electrons. The molecular formula is C25H25N5O4. The summed E-state index contributed by atoms with van der Waals surface area (Å²) in [4.78, 5) is 26.1. The van der Waals surface area contributed by atoms with Crippen molar-refractivity contribution >= 4 is 17.1 Å². The van der Waals surface area contributed by atoms with Gasteiger partial charge in [-0.3, -0.25) is 9.47 Å². The number of ether oxygens (including phenoxy) is 1. The maximum Gasteiger partial charge on any atom is 0.419 e. The summed E-state index contributed by atoms with van der Waals surface area (Å²) in [5.74, 6) is -0.603. The van der Waals surface area contributed by atoms with Gasteiger partial charge in [0.2, 0.25) is 0 Å². The molecule has 2 aromatic carbocycles. The fourth-order valence-electron chi connectivity index (χ4n) is 5.01. The van der Waals surface area contributed by atoms with Crippen LogP contribution in [0.3, 0.4) is 0 Å². The highest BCUT2D eigenvalue weighted by Crippen LogP contribution is 2.30. The molecule has 0 aliphatic carbocycles. The number of carbonyl (C=O) groups is 1. The number of nitrogens with zero attached hydrogens (tertiary/aromatic N) is 4. The Morgan fingerprint density at radius 1 is 1.21 bits per heavy atom. The topological polar surface area (TPSA) is 94.5 Å². The number of piperazine rings is 1. The summed E-state index contributed by atoms with van der Waals surface area (Å²) in [5.41, 5.74) is 7.35. The molecule has 2 aliphatic rings. The summed E-state index contributed by atoms with van der Waals surface area (Å²) in [5, 5.41) is 8.17. The first-order valence-corrected chi connectivity index (χ1v) is 11.4. The van der Waals surface area contributed by atoms with Crippen LogP contribution in [0.15, 0.2) is 51.9 Å². The van der Waals surface area contributed by atoms with E-state index >= 15 is 0 Å². The number of hydrogen-bond acceptors (Lipinski definition) is 7. The Morgan fingerprint density at radius 2 is 2.09 bits per heavy atom. The number of fused-ring (bicyclic) bond motifs is 2. The molecule has 2 aliphatic heterocycles. The van der Waals surface area contributed by atoms with Gasteiger partial charge in [-0.15, -0.1) is 0 Å². The monoisotopic (exact) mass is 459 g/mol. The van der Waals surface area contributed by atoms with E-state index in [1.807, 2.05) is 35.3 Å². The SMILES string of the molecule is Cc1c(C2CN(Cc3cnn(-c4ccc5oc(=O)n(C)c5c4)c3)CCN2)ccc2c1COC2=O. The minimum Gasteiger partial charge on any atom is -0.457 e. The van der Waals surface area contributed by atoms with Gasteiger partial charge in [0.1, 0.15) is 6.61 Å². The van der Waals surface area contributed by atoms with Crippen LogP contribution in [0.5, 0.6) is 0 Å². The van der Waals surface area contributed by atoms with Gasteiger partial charge < -0.3 is 14.5 Å². The maximum atomic E-state index is 11.9. The average molecular weight is 460 g/mol. The molecule has 0 saturated carbocycles. The lowest BCUT2D eigenvalue weighted by molar-refractivity contribution is 0.0535. The van der Waals surface area contributed by atoms with Gasteiger partial charge in [-0.1, -0.05) is 6.07 Å². The van der Waals surface area contributed by atoms with Crippen LogP contribution in [-0.4, -0.2) is 44.9 Å². The average Bonchev–Trinajstić information content (AvgIpc) is 3.53. The second-order valence-corrected chi connectivity index (χ2v) is 9.00. The molecule has 9 heteroatoms. The number of esters is 1. The van der Waals surface area contributed by atoms with Gasteiger partial charge in [0.15, 0.2) is 5.58 Å². The Bertz CT molecular complexity index is 1480. The zero-order chi connectivity index (χ0) is 23.4. The van der Waals surface area contributed by atoms with Crippen molar-refractivity contribution in [1.82, 2.24) is 24.6 Å². The van der Waals surface area contributed by atoms with E-state index < -0.39 is 0 Å². The molecule has 1 fully saturated rings. The van der Waals surface area contributed by atoms with Crippen LogP contribution < -0.4 is 11.1 Å². The Morgan fingerprint density at radius 3 is 2.97 bits per heavy atom. The van der Waals surface area contributed by atoms with E-state index in [1.165, 1.54) is 10.1 Å². The molecule has 4 heterocycles. The third kappa shape index (κ3) is 3.44. The smallest absolute Gasteiger partial charge is 0.419 e. The molecule has 6 rings (SSSR count). The van der Waals surface area contributed by atoms with Gasteiger partial charge in [0.05, 0.1) is 23.0 Å². The van der Waals surface area contributed by atoms with Crippen molar-refractivity contribution in [1.29, 1.82) is 0 Å². The van der Waals surface area contributed by atoms with Crippen molar-refractivity contribution in [2.24, 2.45) is 7.05 Å². The zero-order valence-corrected chi connectivity index (χ0v) is 19.1. The van der Waals surface area contributed by atoms with E-state index in [2.05, 4.69) is 28.3 Å². The van der Waals surface area contributed by atoms with Crippen molar-refractivity contribution in [2.45, 2.75) is 26.1 Å². The predicted molar refractivity (Wildman–Crippen MR) is 125 cm³/mol. The Balaban J connectivity index is 1.19. The number of aryl methyl sites for hydroxylation is 1. The van der Waals surface area contributed by atoms with Crippen LogP contribution >= 0.6 is 0 Å². The van der Waals surface area contributed by atoms with Crippen LogP contribution in [0, 0.1) is 6.92 Å². The first-order valence-electron chi connectivity index (χ1n) is 11.4. The predicted octanol–water partition coefficient (Wildman–Crippen LogP) is 2.44. The molecule has 0 amide bonds. The number of cyclic esters (lactones) is 1. The minimum absolute atomic E-state index is 0.189. The maximum absolute atomic E-state index is 11.9. The third-order valence-corrected chi connectivity index (χ3v) is 6.92. The molecule has 34 heavy (non-hydrogen) atoms. The molecule has 1 saturated heterocycles. The Labute approximate surface area is 195 Å². The Hall–Kier alpha value is -3.69. The van der Waals surface area contributed by atoms with E-state index in [4.69, 9.17) is 9.15 Å². The third-order valence-electron chi connectivity index (χ3n) is 6.92. The van der Waals surface area contributed by atoms with Crippen LogP contribution in [0.25, 0.3) is 16.8 Å². The number of carbonyl (C=O) groups excluding carboxylic acids is 1. The number of aromatic nitrogens is 3. The summed E-state index contributed by atoms with van der Waals surface area (Å²) in [6.45, 7) is 5.92. The van der Waals surface area contributed by atoms with Gasteiger partial charge in [-0.2, -0.15) is 5.10 Å². The van der Waals surface area contributed by atoms with Crippen LogP contribution in [0.4, 0.5) is 0 Å². The van der Waals surface area contributed by atoms with E-state index in [9.17, 15) is 9.59 Å². The van der Waals surface area contributed by atoms with Gasteiger partial charge in [-0.05, 0) is 42.3 Å². The normalized spacial score (nSPS) is 18.4. The number of nitrogens with one attached hydrogen (secondary N) is 1. The second kappa shape index (κ2) is 7.96. The number of benzene rings is 2. The zero-order valence-electron chi connectivity index (χ0n) is 19.1. The molecular weight excluding hydrogens is 434 g/mol. The van der Waals surface area contributed by atoms with Gasteiger partial charge >= 0.3 is 11.7 Å². The molecule has 1 unspecified atom stereocenters. The van der Waals surface area contributed by atoms with E-state index in [0.717, 1.165) is 54.1 Å². The number of hydrogen-bond donors (Lipinski definition) is 1. The summed E-state index contributed by atoms with van der Waals surface area (Å²) >= 11 is 0. The lowest BCUT2D eigenvalue weighted by Crippen LogP contribution is -2.45. The highest BCUT2D eigenvalue weighted by atomic mass is 16.5. The summed E-state index contributed by atoms with van der Waals surface area (Å²) in [6, 6.07) is 9.74. The molecule has 4 aromatic rings. The molecule has 0 bridgehead atoms. The standard InChI is InChI=1S/C25H25N5O4/c1-15-18(4-5-19-20(15)14-33-24(19)31)21-13-29(8-7-26-21)11-16-10-27-30(12-16)17-3-6-23-22(9-17)28(2)25(32)34-23/h3-6,9-10,12,21,26H,7-8,11,13-14H2,1-2H3. The van der Waals surface area contributed by atoms with Crippen LogP contribution in [-0.2, 0) is 24.9 Å². The quantitative estimate of drug-likeness (QED) is 0.469. The molecule has 0 radical (unpaired) electrons. The van der Waals surface area contributed by atoms with Crippen molar-refractivity contribution in [3.63, 3.8) is 0 Å². The van der Waals surface area contributed by atoms with Crippen LogP contribution in [0.2, 0.25) is 0 Å². The van der Waals surface area contributed by atoms with Gasteiger partial charge in [0.25, 0.3) is 0 Å². The van der Waals surface area contributed by atoms with Crippen molar-refractivity contribution in [3.05, 3.63) is 81.1 Å². The fraction of sp³-hybridized carbons (Fsp3) is 0.320. The van der Waals surface area contributed by atoms with Crippen molar-refractivity contribution < 1.29 is 13.9 Å². The molecule has 1 atom stereocenters. The highest BCUT2D eigenvalue weighted by molar-refractivity contribution is 5.94. The Kier molecular flexibility index (Phi) is 4.89. The minimum atomic E-state index is -0.376. The summed E-state index contributed by atoms with van der Waals surface area (Å²) < 4.78 is 13.8. The summed E-state index contributed by atoms with van der Waals surface area (Å²) in [6.07, 6.45) is 3.92. The van der Waals surface area contributed by atoms with Crippen molar-refractivity contribution in [2.75, 3.05) is 19.6 Å². The largest absolute Gasteiger partial charge is 0.457 e. The number of rotatable bonds is 4. The first kappa shape index (κ1) is 20.9. The second-order valence-electron chi connectivity index (χ2n) is 9.00. The van der Waals surface area contributed by atoms with Crippen LogP contribution in [0.1, 0.15) is 38.7 Å². The van der Waals surface area contributed by atoms with E-state index in [-0.39, 0.29) is 17.8 Å². The molecule has 0 spiro atoms. The first-order chi connectivity index (χ1) is 16.5. The van der Waals surface area contributed by atoms with Crippen molar-refractivity contribution in [3.8, 4) is 5.69 Å². The molecule has 2 aromatic heterocycles. The lowest BCUT2D eigenvalue weighted by Gasteiger charge is -2.34. The highest BCUT2D eigenvalue weighted by Gasteiger charge is 2.28. The van der Waals surface area contributed by atoms with Gasteiger partial charge in [0, 0.05) is 56.6 Å². The molecule has 1 N–H and O–H groups in total. The molecule has 9 nitrogen and oxygen atoms in total. The lowest BCUT2D eigenvalue weighted by atomic mass is 9.93. The van der Waals surface area contributed by atoms with E-state index in [1.54, 1.807) is 13.1 Å². The summed E-state index contributed by atoms with van der Waals surface area (Å²) in [7, 11) is 1.70. The van der Waals surface area contributed by atoms with Gasteiger partial charge in [-0.25, -0.2) is 14.3 Å². The van der Waals surface area contributed by atoms with E-state index in [0.29, 0.717) is 17.8 Å². The number of oxazole rings is 1. The fourth-order valence-corrected chi connectivity index (χ4v) is 5.01.